The average molecular weight is 444 g/mol. The molecule has 0 saturated carbocycles. The molecule has 2 aromatic rings. The van der Waals surface area contributed by atoms with E-state index in [1.54, 1.807) is 0 Å². The Labute approximate surface area is 182 Å². The number of carbonyl (C=O) groups excluding carboxylic acids is 4. The molecule has 0 aliphatic rings. The number of hydrogen-bond acceptors (Lipinski definition) is 8. The van der Waals surface area contributed by atoms with Gasteiger partial charge in [-0.15, -0.1) is 0 Å². The van der Waals surface area contributed by atoms with E-state index in [-0.39, 0.29) is 28.4 Å². The summed E-state index contributed by atoms with van der Waals surface area (Å²) in [6, 6.07) is 6.21. The minimum atomic E-state index is -1.48. The lowest BCUT2D eigenvalue weighted by molar-refractivity contribution is -0.139. The number of carboxylic acids is 1. The molecule has 32 heavy (non-hydrogen) atoms. The summed E-state index contributed by atoms with van der Waals surface area (Å²) in [6.45, 7) is 2.25. The maximum Gasteiger partial charge on any atom is 0.330 e. The van der Waals surface area contributed by atoms with E-state index in [0.29, 0.717) is 4.90 Å². The van der Waals surface area contributed by atoms with Crippen LogP contribution in [0.25, 0.3) is 0 Å². The normalized spacial score (nSPS) is 11.1. The molecule has 2 rings (SSSR count). The lowest BCUT2D eigenvalue weighted by Gasteiger charge is -2.21. The first-order valence-electron chi connectivity index (χ1n) is 9.10. The van der Waals surface area contributed by atoms with Crippen molar-refractivity contribution in [2.45, 2.75) is 19.9 Å². The van der Waals surface area contributed by atoms with Crippen LogP contribution in [0, 0.1) is 0 Å². The number of carboxylic acid groups (broad SMARTS) is 1. The number of aromatic hydroxyl groups is 1. The zero-order valence-corrected chi connectivity index (χ0v) is 17.3. The SMILES string of the molecule is CC(=O)Oc1ccc(C(=O)N(C)C(=O)NC(C(=O)O)c2ccc(O)cc2)cc1OC(C)=O. The first-order valence-corrected chi connectivity index (χ1v) is 9.10. The van der Waals surface area contributed by atoms with E-state index in [2.05, 4.69) is 5.32 Å². The van der Waals surface area contributed by atoms with Crippen LogP contribution in [0.5, 0.6) is 17.2 Å². The fraction of sp³-hybridized carbons (Fsp3) is 0.190. The van der Waals surface area contributed by atoms with Gasteiger partial charge in [0.05, 0.1) is 0 Å². The largest absolute Gasteiger partial charge is 0.508 e. The predicted molar refractivity (Wildman–Crippen MR) is 108 cm³/mol. The van der Waals surface area contributed by atoms with Crippen molar-refractivity contribution in [3.8, 4) is 17.2 Å². The molecule has 1 unspecified atom stereocenters. The van der Waals surface area contributed by atoms with Gasteiger partial charge in [0.1, 0.15) is 5.75 Å². The summed E-state index contributed by atoms with van der Waals surface area (Å²) in [5, 5.41) is 21.0. The fourth-order valence-corrected chi connectivity index (χ4v) is 2.58. The van der Waals surface area contributed by atoms with Crippen molar-refractivity contribution >= 4 is 29.8 Å². The maximum absolute atomic E-state index is 12.7. The summed E-state index contributed by atoms with van der Waals surface area (Å²) < 4.78 is 9.88. The van der Waals surface area contributed by atoms with Crippen LogP contribution < -0.4 is 14.8 Å². The number of imide groups is 1. The van der Waals surface area contributed by atoms with Gasteiger partial charge in [0.15, 0.2) is 17.5 Å². The zero-order chi connectivity index (χ0) is 24.0. The molecule has 0 bridgehead atoms. The second-order valence-electron chi connectivity index (χ2n) is 6.53. The highest BCUT2D eigenvalue weighted by Crippen LogP contribution is 2.29. The molecule has 2 aromatic carbocycles. The summed E-state index contributed by atoms with van der Waals surface area (Å²) >= 11 is 0. The van der Waals surface area contributed by atoms with E-state index in [4.69, 9.17) is 9.47 Å². The lowest BCUT2D eigenvalue weighted by Crippen LogP contribution is -2.44. The third-order valence-corrected chi connectivity index (χ3v) is 4.05. The Morgan fingerprint density at radius 1 is 0.906 bits per heavy atom. The molecule has 0 spiro atoms. The van der Waals surface area contributed by atoms with Crippen molar-refractivity contribution in [3.63, 3.8) is 0 Å². The number of phenolic OH excluding ortho intramolecular Hbond substituents is 1. The van der Waals surface area contributed by atoms with Gasteiger partial charge in [-0.2, -0.15) is 0 Å². The van der Waals surface area contributed by atoms with Crippen molar-refractivity contribution in [1.82, 2.24) is 10.2 Å². The van der Waals surface area contributed by atoms with Crippen LogP contribution in [0.4, 0.5) is 4.79 Å². The number of carbonyl (C=O) groups is 5. The third kappa shape index (κ3) is 6.05. The first kappa shape index (κ1) is 23.9. The zero-order valence-electron chi connectivity index (χ0n) is 17.3. The Balaban J connectivity index is 2.25. The monoisotopic (exact) mass is 444 g/mol. The summed E-state index contributed by atoms with van der Waals surface area (Å²) in [7, 11) is 1.12. The van der Waals surface area contributed by atoms with E-state index in [1.165, 1.54) is 36.4 Å². The molecule has 0 aliphatic heterocycles. The Hall–Kier alpha value is -4.41. The minimum absolute atomic E-state index is 0.0858. The molecule has 11 heteroatoms. The van der Waals surface area contributed by atoms with Crippen LogP contribution in [-0.4, -0.2) is 52.0 Å². The van der Waals surface area contributed by atoms with E-state index >= 15 is 0 Å². The van der Waals surface area contributed by atoms with Gasteiger partial charge in [-0.1, -0.05) is 12.1 Å². The second kappa shape index (κ2) is 10.1. The van der Waals surface area contributed by atoms with Gasteiger partial charge in [-0.05, 0) is 35.9 Å². The Morgan fingerprint density at radius 3 is 2.00 bits per heavy atom. The molecule has 1 atom stereocenters. The number of hydrogen-bond donors (Lipinski definition) is 3. The first-order chi connectivity index (χ1) is 15.0. The molecular formula is C21H20N2O9. The lowest BCUT2D eigenvalue weighted by atomic mass is 10.1. The van der Waals surface area contributed by atoms with Gasteiger partial charge >= 0.3 is 23.9 Å². The molecule has 0 fully saturated rings. The highest BCUT2D eigenvalue weighted by Gasteiger charge is 2.27. The van der Waals surface area contributed by atoms with Gasteiger partial charge in [0.25, 0.3) is 5.91 Å². The average Bonchev–Trinajstić information content (AvgIpc) is 2.71. The summed E-state index contributed by atoms with van der Waals surface area (Å²) in [5.41, 5.74) is 0.0821. The number of aliphatic carboxylic acids is 1. The van der Waals surface area contributed by atoms with E-state index < -0.39 is 35.9 Å². The molecule has 0 radical (unpaired) electrons. The highest BCUT2D eigenvalue weighted by molar-refractivity contribution is 6.05. The second-order valence-corrected chi connectivity index (χ2v) is 6.53. The number of esters is 2. The van der Waals surface area contributed by atoms with Crippen molar-refractivity contribution < 1.29 is 43.7 Å². The maximum atomic E-state index is 12.7. The fourth-order valence-electron chi connectivity index (χ4n) is 2.58. The van der Waals surface area contributed by atoms with Crippen LogP contribution in [0.15, 0.2) is 42.5 Å². The number of amides is 3. The van der Waals surface area contributed by atoms with Gasteiger partial charge in [-0.3, -0.25) is 19.3 Å². The number of benzene rings is 2. The molecule has 3 N–H and O–H groups in total. The summed E-state index contributed by atoms with van der Waals surface area (Å²) in [4.78, 5) is 60.0. The molecule has 0 heterocycles. The summed E-state index contributed by atoms with van der Waals surface area (Å²) in [6.07, 6.45) is 0. The quantitative estimate of drug-likeness (QED) is 0.446. The van der Waals surface area contributed by atoms with Gasteiger partial charge in [0.2, 0.25) is 0 Å². The molecule has 0 saturated heterocycles. The van der Waals surface area contributed by atoms with Crippen LogP contribution >= 0.6 is 0 Å². The number of rotatable bonds is 6. The van der Waals surface area contributed by atoms with Crippen molar-refractivity contribution in [2.24, 2.45) is 0 Å². The summed E-state index contributed by atoms with van der Waals surface area (Å²) in [5.74, 6) is -4.03. The number of ether oxygens (including phenoxy) is 2. The Kier molecular flexibility index (Phi) is 7.51. The van der Waals surface area contributed by atoms with Crippen molar-refractivity contribution in [2.75, 3.05) is 7.05 Å². The molecule has 168 valence electrons. The van der Waals surface area contributed by atoms with Crippen molar-refractivity contribution in [1.29, 1.82) is 0 Å². The van der Waals surface area contributed by atoms with E-state index in [1.807, 2.05) is 0 Å². The highest BCUT2D eigenvalue weighted by atomic mass is 16.6. The molecule has 11 nitrogen and oxygen atoms in total. The molecule has 3 amide bonds. The number of nitrogens with one attached hydrogen (secondary N) is 1. The van der Waals surface area contributed by atoms with E-state index in [0.717, 1.165) is 27.0 Å². The number of nitrogens with zero attached hydrogens (tertiary/aromatic N) is 1. The molecular weight excluding hydrogens is 424 g/mol. The number of phenols is 1. The number of urea groups is 1. The van der Waals surface area contributed by atoms with Crippen molar-refractivity contribution in [3.05, 3.63) is 53.6 Å². The van der Waals surface area contributed by atoms with E-state index in [9.17, 15) is 34.2 Å². The molecule has 0 aliphatic carbocycles. The van der Waals surface area contributed by atoms with Gasteiger partial charge in [-0.25, -0.2) is 9.59 Å². The van der Waals surface area contributed by atoms with Crippen LogP contribution in [-0.2, 0) is 14.4 Å². The third-order valence-electron chi connectivity index (χ3n) is 4.05. The smallest absolute Gasteiger partial charge is 0.330 e. The van der Waals surface area contributed by atoms with Gasteiger partial charge < -0.3 is 25.0 Å². The Morgan fingerprint density at radius 2 is 1.47 bits per heavy atom. The Bertz CT molecular complexity index is 1060. The molecule has 0 aromatic heterocycles. The topological polar surface area (TPSA) is 160 Å². The minimum Gasteiger partial charge on any atom is -0.508 e. The van der Waals surface area contributed by atoms with Gasteiger partial charge in [0, 0.05) is 26.5 Å². The van der Waals surface area contributed by atoms with Crippen LogP contribution in [0.1, 0.15) is 35.8 Å². The van der Waals surface area contributed by atoms with Crippen LogP contribution in [0.3, 0.4) is 0 Å². The van der Waals surface area contributed by atoms with Crippen LogP contribution in [0.2, 0.25) is 0 Å². The predicted octanol–water partition coefficient (Wildman–Crippen LogP) is 1.85. The standard InChI is InChI=1S/C21H20N2O9/c1-11(24)31-16-9-6-14(10-17(16)32-12(2)25)19(27)23(3)21(30)22-18(20(28)29)13-4-7-15(26)8-5-13/h4-10,18,26H,1-3H3,(H,22,30)(H,28,29).